The normalized spacial score (nSPS) is 27.9. The van der Waals surface area contributed by atoms with Crippen LogP contribution < -0.4 is 0 Å². The van der Waals surface area contributed by atoms with E-state index >= 15 is 0 Å². The highest BCUT2D eigenvalue weighted by Gasteiger charge is 2.26. The average molecular weight is 236 g/mol. The molecule has 0 saturated heterocycles. The fourth-order valence-corrected chi connectivity index (χ4v) is 2.08. The second-order valence-corrected chi connectivity index (χ2v) is 5.44. The van der Waals surface area contributed by atoms with Gasteiger partial charge in [-0.25, -0.2) is 0 Å². The summed E-state index contributed by atoms with van der Waals surface area (Å²) in [6, 6.07) is 0. The van der Waals surface area contributed by atoms with Gasteiger partial charge in [0.1, 0.15) is 0 Å². The van der Waals surface area contributed by atoms with Gasteiger partial charge in [-0.3, -0.25) is 0 Å². The highest BCUT2D eigenvalue weighted by Crippen LogP contribution is 2.26. The molecule has 3 unspecified atom stereocenters. The fourth-order valence-electron chi connectivity index (χ4n) is 2.08. The third-order valence-electron chi connectivity index (χ3n) is 2.92. The Kier molecular flexibility index (Phi) is 4.72. The van der Waals surface area contributed by atoms with E-state index < -0.39 is 5.60 Å². The van der Waals surface area contributed by atoms with E-state index in [0.29, 0.717) is 6.42 Å². The topological polar surface area (TPSA) is 29.5 Å². The molecule has 0 aromatic carbocycles. The van der Waals surface area contributed by atoms with Gasteiger partial charge in [0.25, 0.3) is 0 Å². The Hall–Kier alpha value is -0.860. The lowest BCUT2D eigenvalue weighted by Crippen LogP contribution is -2.32. The van der Waals surface area contributed by atoms with Gasteiger partial charge in [-0.15, -0.1) is 6.58 Å². The van der Waals surface area contributed by atoms with Crippen LogP contribution in [0.1, 0.15) is 40.5 Å². The van der Waals surface area contributed by atoms with E-state index in [1.165, 1.54) is 11.1 Å². The van der Waals surface area contributed by atoms with E-state index in [4.69, 9.17) is 4.74 Å². The quantitative estimate of drug-likeness (QED) is 0.758. The Balaban J connectivity index is 2.72. The summed E-state index contributed by atoms with van der Waals surface area (Å²) in [5.74, 6) is 0. The Morgan fingerprint density at radius 3 is 2.82 bits per heavy atom. The van der Waals surface area contributed by atoms with Crippen molar-refractivity contribution in [1.82, 2.24) is 0 Å². The zero-order valence-corrected chi connectivity index (χ0v) is 11.4. The molecule has 1 aliphatic heterocycles. The Bertz CT molecular complexity index is 333. The smallest absolute Gasteiger partial charge is 0.0824 e. The van der Waals surface area contributed by atoms with Gasteiger partial charge < -0.3 is 9.84 Å². The van der Waals surface area contributed by atoms with Crippen LogP contribution in [0.4, 0.5) is 0 Å². The van der Waals surface area contributed by atoms with Gasteiger partial charge in [-0.05, 0) is 34.1 Å². The Morgan fingerprint density at radius 2 is 2.29 bits per heavy atom. The summed E-state index contributed by atoms with van der Waals surface area (Å²) < 4.78 is 5.94. The summed E-state index contributed by atoms with van der Waals surface area (Å²) >= 11 is 0. The predicted octanol–water partition coefficient (Wildman–Crippen LogP) is 3.38. The van der Waals surface area contributed by atoms with Gasteiger partial charge in [0.15, 0.2) is 0 Å². The second-order valence-electron chi connectivity index (χ2n) is 5.44. The molecule has 0 fully saturated rings. The molecule has 0 spiro atoms. The molecule has 0 aromatic rings. The zero-order chi connectivity index (χ0) is 13.1. The molecule has 96 valence electrons. The molecule has 0 radical (unpaired) electrons. The van der Waals surface area contributed by atoms with Crippen LogP contribution in [0.2, 0.25) is 0 Å². The van der Waals surface area contributed by atoms with Gasteiger partial charge in [0.2, 0.25) is 0 Å². The van der Waals surface area contributed by atoms with Crippen molar-refractivity contribution >= 4 is 0 Å². The van der Waals surface area contributed by atoms with E-state index in [1.54, 1.807) is 13.0 Å². The lowest BCUT2D eigenvalue weighted by atomic mass is 9.94. The van der Waals surface area contributed by atoms with Crippen molar-refractivity contribution in [2.24, 2.45) is 0 Å². The standard InChI is InChI=1S/C15H24O2/c1-6-15(5,16)10-14-9-12(4)8-13(17-14)7-11(2)3/h6-7,9,13-14,16H,1,8,10H2,2-5H3. The number of aliphatic hydroxyl groups is 1. The molecule has 0 bridgehead atoms. The summed E-state index contributed by atoms with van der Waals surface area (Å²) in [7, 11) is 0. The van der Waals surface area contributed by atoms with Crippen molar-refractivity contribution in [2.75, 3.05) is 0 Å². The van der Waals surface area contributed by atoms with Gasteiger partial charge in [-0.2, -0.15) is 0 Å². The zero-order valence-electron chi connectivity index (χ0n) is 11.4. The molecule has 2 nitrogen and oxygen atoms in total. The van der Waals surface area contributed by atoms with Crippen LogP contribution >= 0.6 is 0 Å². The van der Waals surface area contributed by atoms with Crippen LogP contribution in [0, 0.1) is 0 Å². The molecule has 1 N–H and O–H groups in total. The number of rotatable bonds is 4. The molecular weight excluding hydrogens is 212 g/mol. The summed E-state index contributed by atoms with van der Waals surface area (Å²) in [5, 5.41) is 9.99. The fraction of sp³-hybridized carbons (Fsp3) is 0.600. The van der Waals surface area contributed by atoms with Crippen LogP contribution in [0.3, 0.4) is 0 Å². The maximum absolute atomic E-state index is 9.99. The van der Waals surface area contributed by atoms with Crippen LogP contribution in [-0.4, -0.2) is 22.9 Å². The highest BCUT2D eigenvalue weighted by atomic mass is 16.5. The Morgan fingerprint density at radius 1 is 1.65 bits per heavy atom. The maximum atomic E-state index is 9.99. The first-order valence-electron chi connectivity index (χ1n) is 6.16. The van der Waals surface area contributed by atoms with E-state index in [9.17, 15) is 5.11 Å². The minimum Gasteiger partial charge on any atom is -0.386 e. The first-order chi connectivity index (χ1) is 7.82. The van der Waals surface area contributed by atoms with Gasteiger partial charge in [0, 0.05) is 6.42 Å². The highest BCUT2D eigenvalue weighted by molar-refractivity contribution is 5.14. The van der Waals surface area contributed by atoms with Crippen molar-refractivity contribution in [1.29, 1.82) is 0 Å². The summed E-state index contributed by atoms with van der Waals surface area (Å²) in [5.41, 5.74) is 1.72. The third kappa shape index (κ3) is 4.88. The molecule has 17 heavy (non-hydrogen) atoms. The number of allylic oxidation sites excluding steroid dienone is 1. The molecule has 0 amide bonds. The lowest BCUT2D eigenvalue weighted by molar-refractivity contribution is -0.0158. The van der Waals surface area contributed by atoms with Crippen molar-refractivity contribution in [2.45, 2.75) is 58.3 Å². The van der Waals surface area contributed by atoms with Gasteiger partial charge in [0.05, 0.1) is 17.8 Å². The van der Waals surface area contributed by atoms with Crippen LogP contribution in [0.25, 0.3) is 0 Å². The molecule has 2 heteroatoms. The third-order valence-corrected chi connectivity index (χ3v) is 2.92. The Labute approximate surface area is 105 Å². The van der Waals surface area contributed by atoms with Crippen LogP contribution in [-0.2, 0) is 4.74 Å². The number of ether oxygens (including phenoxy) is 1. The van der Waals surface area contributed by atoms with Crippen molar-refractivity contribution in [3.8, 4) is 0 Å². The molecule has 0 aliphatic carbocycles. The van der Waals surface area contributed by atoms with Crippen molar-refractivity contribution < 1.29 is 9.84 Å². The minimum absolute atomic E-state index is 0.0302. The first kappa shape index (κ1) is 14.2. The SMILES string of the molecule is C=CC(C)(O)CC1C=C(C)CC(C=C(C)C)O1. The molecule has 0 aromatic heterocycles. The molecule has 1 rings (SSSR count). The molecule has 0 saturated carbocycles. The minimum atomic E-state index is -0.867. The predicted molar refractivity (Wildman–Crippen MR) is 71.9 cm³/mol. The molecule has 1 heterocycles. The molecular formula is C15H24O2. The monoisotopic (exact) mass is 236 g/mol. The van der Waals surface area contributed by atoms with Gasteiger partial charge in [-0.1, -0.05) is 29.4 Å². The molecule has 3 atom stereocenters. The summed E-state index contributed by atoms with van der Waals surface area (Å²) in [6.45, 7) is 11.7. The first-order valence-corrected chi connectivity index (χ1v) is 6.16. The summed E-state index contributed by atoms with van der Waals surface area (Å²) in [4.78, 5) is 0. The lowest BCUT2D eigenvalue weighted by Gasteiger charge is -2.31. The van der Waals surface area contributed by atoms with Crippen molar-refractivity contribution in [3.63, 3.8) is 0 Å². The average Bonchev–Trinajstić information content (AvgIpc) is 2.14. The van der Waals surface area contributed by atoms with E-state index in [-0.39, 0.29) is 12.2 Å². The number of hydrogen-bond acceptors (Lipinski definition) is 2. The molecule has 1 aliphatic rings. The number of hydrogen-bond donors (Lipinski definition) is 1. The summed E-state index contributed by atoms with van der Waals surface area (Å²) in [6.07, 6.45) is 7.43. The van der Waals surface area contributed by atoms with E-state index in [1.807, 2.05) is 0 Å². The van der Waals surface area contributed by atoms with Gasteiger partial charge >= 0.3 is 0 Å². The second kappa shape index (κ2) is 5.65. The maximum Gasteiger partial charge on any atom is 0.0824 e. The van der Waals surface area contributed by atoms with E-state index in [2.05, 4.69) is 39.5 Å². The van der Waals surface area contributed by atoms with Crippen LogP contribution in [0.5, 0.6) is 0 Å². The van der Waals surface area contributed by atoms with Crippen molar-refractivity contribution in [3.05, 3.63) is 36.0 Å². The van der Waals surface area contributed by atoms with Crippen LogP contribution in [0.15, 0.2) is 36.0 Å². The largest absolute Gasteiger partial charge is 0.386 e. The van der Waals surface area contributed by atoms with E-state index in [0.717, 1.165) is 6.42 Å².